The fourth-order valence-electron chi connectivity index (χ4n) is 2.11. The second kappa shape index (κ2) is 7.42. The van der Waals surface area contributed by atoms with Crippen molar-refractivity contribution in [2.45, 2.75) is 20.0 Å². The summed E-state index contributed by atoms with van der Waals surface area (Å²) in [4.78, 5) is 13.8. The van der Waals surface area contributed by atoms with Crippen LogP contribution in [0.15, 0.2) is 42.5 Å². The number of likely N-dealkylation sites (N-methyl/N-ethyl adjacent to an activating group) is 1. The zero-order chi connectivity index (χ0) is 17.0. The predicted octanol–water partition coefficient (Wildman–Crippen LogP) is 4.44. The van der Waals surface area contributed by atoms with Crippen molar-refractivity contribution in [3.8, 4) is 5.75 Å². The second-order valence-electron chi connectivity index (χ2n) is 4.89. The fourth-order valence-corrected chi connectivity index (χ4v) is 2.23. The zero-order valence-corrected chi connectivity index (χ0v) is 13.5. The summed E-state index contributed by atoms with van der Waals surface area (Å²) >= 11 is 5.79. The molecule has 2 aromatic carbocycles. The van der Waals surface area contributed by atoms with Crippen molar-refractivity contribution in [3.05, 3.63) is 59.1 Å². The van der Waals surface area contributed by atoms with Crippen molar-refractivity contribution in [3.63, 3.8) is 0 Å². The van der Waals surface area contributed by atoms with Crippen LogP contribution in [0, 0.1) is 11.6 Å². The number of amides is 1. The van der Waals surface area contributed by atoms with E-state index in [-0.39, 0.29) is 11.6 Å². The third-order valence-electron chi connectivity index (χ3n) is 3.27. The third kappa shape index (κ3) is 4.20. The lowest BCUT2D eigenvalue weighted by atomic mass is 10.2. The molecule has 1 atom stereocenters. The van der Waals surface area contributed by atoms with Crippen molar-refractivity contribution in [2.75, 3.05) is 11.4 Å². The van der Waals surface area contributed by atoms with Crippen LogP contribution < -0.4 is 9.64 Å². The molecule has 1 unspecified atom stereocenters. The van der Waals surface area contributed by atoms with Gasteiger partial charge < -0.3 is 9.64 Å². The fraction of sp³-hybridized carbons (Fsp3) is 0.235. The van der Waals surface area contributed by atoms with Crippen LogP contribution in [0.4, 0.5) is 14.5 Å². The van der Waals surface area contributed by atoms with E-state index in [1.54, 1.807) is 38.1 Å². The van der Waals surface area contributed by atoms with Crippen molar-refractivity contribution in [1.82, 2.24) is 0 Å². The monoisotopic (exact) mass is 339 g/mol. The van der Waals surface area contributed by atoms with Gasteiger partial charge in [0.15, 0.2) is 17.7 Å². The summed E-state index contributed by atoms with van der Waals surface area (Å²) in [5.41, 5.74) is 0.281. The summed E-state index contributed by atoms with van der Waals surface area (Å²) in [7, 11) is 0. The molecule has 6 heteroatoms. The van der Waals surface area contributed by atoms with Gasteiger partial charge in [-0.15, -0.1) is 0 Å². The Morgan fingerprint density at radius 3 is 2.39 bits per heavy atom. The van der Waals surface area contributed by atoms with Gasteiger partial charge in [0, 0.05) is 23.3 Å². The van der Waals surface area contributed by atoms with Gasteiger partial charge in [-0.25, -0.2) is 8.78 Å². The van der Waals surface area contributed by atoms with E-state index >= 15 is 0 Å². The van der Waals surface area contributed by atoms with Gasteiger partial charge in [0.2, 0.25) is 0 Å². The highest BCUT2D eigenvalue weighted by Crippen LogP contribution is 2.21. The summed E-state index contributed by atoms with van der Waals surface area (Å²) in [6.07, 6.45) is -0.788. The van der Waals surface area contributed by atoms with Crippen LogP contribution >= 0.6 is 11.6 Å². The van der Waals surface area contributed by atoms with Gasteiger partial charge >= 0.3 is 0 Å². The van der Waals surface area contributed by atoms with E-state index in [9.17, 15) is 13.6 Å². The van der Waals surface area contributed by atoms with E-state index in [1.807, 2.05) is 0 Å². The molecule has 122 valence electrons. The molecule has 0 spiro atoms. The molecule has 0 bridgehead atoms. The Bertz CT molecular complexity index is 691. The first-order valence-electron chi connectivity index (χ1n) is 7.11. The van der Waals surface area contributed by atoms with Crippen molar-refractivity contribution in [1.29, 1.82) is 0 Å². The predicted molar refractivity (Wildman–Crippen MR) is 85.9 cm³/mol. The smallest absolute Gasteiger partial charge is 0.267 e. The molecule has 1 amide bonds. The minimum atomic E-state index is -1.000. The van der Waals surface area contributed by atoms with E-state index < -0.39 is 17.7 Å². The Morgan fingerprint density at radius 2 is 1.83 bits per heavy atom. The van der Waals surface area contributed by atoms with Crippen LogP contribution in [0.1, 0.15) is 13.8 Å². The van der Waals surface area contributed by atoms with E-state index in [0.717, 1.165) is 12.1 Å². The highest BCUT2D eigenvalue weighted by Gasteiger charge is 2.23. The topological polar surface area (TPSA) is 29.5 Å². The summed E-state index contributed by atoms with van der Waals surface area (Å²) in [5.74, 6) is -1.81. The Balaban J connectivity index is 2.14. The van der Waals surface area contributed by atoms with Crippen LogP contribution in [0.5, 0.6) is 5.75 Å². The first-order valence-corrected chi connectivity index (χ1v) is 7.48. The molecule has 0 N–H and O–H groups in total. The number of benzene rings is 2. The van der Waals surface area contributed by atoms with Gasteiger partial charge in [0.1, 0.15) is 5.75 Å². The second-order valence-corrected chi connectivity index (χ2v) is 5.33. The van der Waals surface area contributed by atoms with Crippen LogP contribution in [0.3, 0.4) is 0 Å². The van der Waals surface area contributed by atoms with Gasteiger partial charge in [-0.1, -0.05) is 11.6 Å². The molecule has 2 aromatic rings. The molecule has 0 fully saturated rings. The molecule has 0 saturated carbocycles. The van der Waals surface area contributed by atoms with E-state index in [2.05, 4.69) is 0 Å². The average Bonchev–Trinajstić information content (AvgIpc) is 2.53. The van der Waals surface area contributed by atoms with Gasteiger partial charge in [-0.3, -0.25) is 4.79 Å². The normalized spacial score (nSPS) is 11.9. The quantitative estimate of drug-likeness (QED) is 0.806. The van der Waals surface area contributed by atoms with Crippen LogP contribution in [0.2, 0.25) is 5.02 Å². The average molecular weight is 340 g/mol. The third-order valence-corrected chi connectivity index (χ3v) is 3.52. The summed E-state index contributed by atoms with van der Waals surface area (Å²) < 4.78 is 32.0. The van der Waals surface area contributed by atoms with Gasteiger partial charge in [-0.2, -0.15) is 0 Å². The minimum absolute atomic E-state index is 0.281. The lowest BCUT2D eigenvalue weighted by Crippen LogP contribution is -2.40. The molecule has 2 rings (SSSR count). The molecule has 0 radical (unpaired) electrons. The Kier molecular flexibility index (Phi) is 5.55. The van der Waals surface area contributed by atoms with Crippen LogP contribution in [-0.2, 0) is 4.79 Å². The van der Waals surface area contributed by atoms with Crippen molar-refractivity contribution >= 4 is 23.2 Å². The molecule has 0 aliphatic carbocycles. The van der Waals surface area contributed by atoms with Gasteiger partial charge in [0.25, 0.3) is 5.91 Å². The highest BCUT2D eigenvalue weighted by molar-refractivity contribution is 6.30. The minimum Gasteiger partial charge on any atom is -0.481 e. The lowest BCUT2D eigenvalue weighted by molar-refractivity contribution is -0.124. The Labute approximate surface area is 138 Å². The number of carbonyl (C=O) groups excluding carboxylic acids is 1. The maximum absolute atomic E-state index is 13.4. The number of hydrogen-bond acceptors (Lipinski definition) is 2. The lowest BCUT2D eigenvalue weighted by Gasteiger charge is -2.25. The number of halogens is 3. The highest BCUT2D eigenvalue weighted by atomic mass is 35.5. The largest absolute Gasteiger partial charge is 0.481 e. The first kappa shape index (κ1) is 17.2. The number of hydrogen-bond donors (Lipinski definition) is 0. The Morgan fingerprint density at radius 1 is 1.17 bits per heavy atom. The molecule has 0 heterocycles. The summed E-state index contributed by atoms with van der Waals surface area (Å²) in [5, 5.41) is 0.563. The molecular formula is C17H16ClF2NO2. The number of rotatable bonds is 5. The molecule has 0 aliphatic heterocycles. The number of carbonyl (C=O) groups is 1. The van der Waals surface area contributed by atoms with Gasteiger partial charge in [-0.05, 0) is 50.2 Å². The molecule has 3 nitrogen and oxygen atoms in total. The van der Waals surface area contributed by atoms with Crippen LogP contribution in [0.25, 0.3) is 0 Å². The zero-order valence-electron chi connectivity index (χ0n) is 12.7. The first-order chi connectivity index (χ1) is 10.9. The van der Waals surface area contributed by atoms with Crippen LogP contribution in [-0.4, -0.2) is 18.6 Å². The van der Waals surface area contributed by atoms with Crippen molar-refractivity contribution < 1.29 is 18.3 Å². The molecule has 0 saturated heterocycles. The summed E-state index contributed by atoms with van der Waals surface area (Å²) in [6.45, 7) is 3.64. The Hall–Kier alpha value is -2.14. The SMILES string of the molecule is CCN(C(=O)C(C)Oc1ccc(Cl)cc1)c1ccc(F)c(F)c1. The van der Waals surface area contributed by atoms with Crippen molar-refractivity contribution in [2.24, 2.45) is 0 Å². The number of ether oxygens (including phenoxy) is 1. The van der Waals surface area contributed by atoms with E-state index in [1.165, 1.54) is 11.0 Å². The van der Waals surface area contributed by atoms with Gasteiger partial charge in [0.05, 0.1) is 0 Å². The summed E-state index contributed by atoms with van der Waals surface area (Å²) in [6, 6.07) is 9.95. The molecule has 0 aliphatic rings. The number of nitrogens with zero attached hydrogens (tertiary/aromatic N) is 1. The molecule has 23 heavy (non-hydrogen) atoms. The van der Waals surface area contributed by atoms with E-state index in [0.29, 0.717) is 17.3 Å². The standard InChI is InChI=1S/C17H16ClF2NO2/c1-3-21(13-6-9-15(19)16(20)10-13)17(22)11(2)23-14-7-4-12(18)5-8-14/h4-11H,3H2,1-2H3. The van der Waals surface area contributed by atoms with E-state index in [4.69, 9.17) is 16.3 Å². The molecular weight excluding hydrogens is 324 g/mol. The maximum atomic E-state index is 13.4. The molecule has 0 aromatic heterocycles. The number of anilines is 1. The maximum Gasteiger partial charge on any atom is 0.267 e.